The quantitative estimate of drug-likeness (QED) is 0.743. The largest absolute Gasteiger partial charge is 0.494 e. The van der Waals surface area contributed by atoms with Crippen LogP contribution in [0.4, 0.5) is 8.78 Å². The van der Waals surface area contributed by atoms with Gasteiger partial charge in [-0.15, -0.1) is 0 Å². The summed E-state index contributed by atoms with van der Waals surface area (Å²) >= 11 is 0. The van der Waals surface area contributed by atoms with Crippen LogP contribution in [0.15, 0.2) is 36.4 Å². The highest BCUT2D eigenvalue weighted by Gasteiger charge is 2.11. The van der Waals surface area contributed by atoms with Gasteiger partial charge in [0.05, 0.1) is 12.2 Å². The van der Waals surface area contributed by atoms with Crippen molar-refractivity contribution in [2.24, 2.45) is 0 Å². The van der Waals surface area contributed by atoms with Crippen molar-refractivity contribution in [1.82, 2.24) is 0 Å². The van der Waals surface area contributed by atoms with Crippen LogP contribution in [0.1, 0.15) is 37.0 Å². The van der Waals surface area contributed by atoms with Gasteiger partial charge in [0.15, 0.2) is 11.6 Å². The van der Waals surface area contributed by atoms with E-state index in [2.05, 4.69) is 11.8 Å². The summed E-state index contributed by atoms with van der Waals surface area (Å²) in [6.45, 7) is 4.43. The van der Waals surface area contributed by atoms with Crippen molar-refractivity contribution < 1.29 is 13.5 Å². The number of hydrogen-bond donors (Lipinski definition) is 0. The topological polar surface area (TPSA) is 9.23 Å². The second-order valence-corrected chi connectivity index (χ2v) is 4.86. The van der Waals surface area contributed by atoms with E-state index in [9.17, 15) is 8.78 Å². The SMILES string of the molecule is CCCc1ccc(C#Cc2ccc(OCC)cc2)c(F)c1F. The van der Waals surface area contributed by atoms with Gasteiger partial charge >= 0.3 is 0 Å². The van der Waals surface area contributed by atoms with Gasteiger partial charge in [-0.05, 0) is 49.2 Å². The lowest BCUT2D eigenvalue weighted by molar-refractivity contribution is 0.340. The Kier molecular flexibility index (Phi) is 5.55. The van der Waals surface area contributed by atoms with Crippen molar-refractivity contribution in [2.45, 2.75) is 26.7 Å². The molecule has 0 aliphatic rings. The third-order valence-corrected chi connectivity index (χ3v) is 3.19. The average Bonchev–Trinajstić information content (AvgIpc) is 2.53. The van der Waals surface area contributed by atoms with Crippen molar-refractivity contribution in [2.75, 3.05) is 6.61 Å². The molecule has 0 spiro atoms. The summed E-state index contributed by atoms with van der Waals surface area (Å²) in [6.07, 6.45) is 1.29. The highest BCUT2D eigenvalue weighted by atomic mass is 19.2. The van der Waals surface area contributed by atoms with Crippen molar-refractivity contribution in [1.29, 1.82) is 0 Å². The standard InChI is InChI=1S/C19H18F2O/c1-3-5-15-10-11-16(19(21)18(15)20)9-6-14-7-12-17(13-8-14)22-4-2/h7-8,10-13H,3-5H2,1-2H3. The molecule has 0 unspecified atom stereocenters. The summed E-state index contributed by atoms with van der Waals surface area (Å²) in [7, 11) is 0. The molecule has 0 saturated carbocycles. The fraction of sp³-hybridized carbons (Fsp3) is 0.263. The summed E-state index contributed by atoms with van der Waals surface area (Å²) in [5.41, 5.74) is 1.19. The number of benzene rings is 2. The summed E-state index contributed by atoms with van der Waals surface area (Å²) in [5, 5.41) is 0. The van der Waals surface area contributed by atoms with E-state index < -0.39 is 11.6 Å². The van der Waals surface area contributed by atoms with Crippen LogP contribution in [0, 0.1) is 23.5 Å². The zero-order valence-electron chi connectivity index (χ0n) is 12.7. The van der Waals surface area contributed by atoms with Gasteiger partial charge in [-0.25, -0.2) is 8.78 Å². The van der Waals surface area contributed by atoms with Crippen molar-refractivity contribution >= 4 is 0 Å². The van der Waals surface area contributed by atoms with Gasteiger partial charge in [0.1, 0.15) is 5.75 Å². The molecule has 2 aromatic carbocycles. The van der Waals surface area contributed by atoms with E-state index in [1.165, 1.54) is 6.07 Å². The van der Waals surface area contributed by atoms with Gasteiger partial charge < -0.3 is 4.74 Å². The Balaban J connectivity index is 2.22. The molecule has 0 aromatic heterocycles. The third kappa shape index (κ3) is 3.85. The van der Waals surface area contributed by atoms with Crippen LogP contribution in [-0.2, 0) is 6.42 Å². The fourth-order valence-electron chi connectivity index (χ4n) is 2.09. The Bertz CT molecular complexity index is 694. The number of hydrogen-bond acceptors (Lipinski definition) is 1. The summed E-state index contributed by atoms with van der Waals surface area (Å²) < 4.78 is 33.1. The average molecular weight is 300 g/mol. The van der Waals surface area contributed by atoms with Crippen LogP contribution in [0.3, 0.4) is 0 Å². The molecular formula is C19H18F2O. The minimum absolute atomic E-state index is 0.0752. The molecule has 0 aliphatic carbocycles. The minimum Gasteiger partial charge on any atom is -0.494 e. The molecule has 0 fully saturated rings. The molecule has 0 heterocycles. The molecule has 1 nitrogen and oxygen atoms in total. The van der Waals surface area contributed by atoms with Crippen LogP contribution in [0.5, 0.6) is 5.75 Å². The highest BCUT2D eigenvalue weighted by Crippen LogP contribution is 2.17. The van der Waals surface area contributed by atoms with E-state index in [0.717, 1.165) is 17.7 Å². The molecule has 2 rings (SSSR count). The highest BCUT2D eigenvalue weighted by molar-refractivity contribution is 5.45. The zero-order chi connectivity index (χ0) is 15.9. The van der Waals surface area contributed by atoms with E-state index in [4.69, 9.17) is 4.74 Å². The molecule has 0 aliphatic heterocycles. The molecule has 2 aromatic rings. The summed E-state index contributed by atoms with van der Waals surface area (Å²) in [5.74, 6) is 4.62. The maximum atomic E-state index is 14.0. The van der Waals surface area contributed by atoms with Crippen LogP contribution < -0.4 is 4.74 Å². The van der Waals surface area contributed by atoms with Crippen LogP contribution in [-0.4, -0.2) is 6.61 Å². The fourth-order valence-corrected chi connectivity index (χ4v) is 2.09. The summed E-state index contributed by atoms with van der Waals surface area (Å²) in [4.78, 5) is 0. The van der Waals surface area contributed by atoms with Gasteiger partial charge in [-0.3, -0.25) is 0 Å². The van der Waals surface area contributed by atoms with Gasteiger partial charge in [0.25, 0.3) is 0 Å². The van der Waals surface area contributed by atoms with Crippen molar-refractivity contribution in [3.63, 3.8) is 0 Å². The maximum absolute atomic E-state index is 14.0. The Labute approximate surface area is 129 Å². The minimum atomic E-state index is -0.871. The van der Waals surface area contributed by atoms with Gasteiger partial charge in [-0.2, -0.15) is 0 Å². The van der Waals surface area contributed by atoms with Crippen molar-refractivity contribution in [3.8, 4) is 17.6 Å². The number of ether oxygens (including phenoxy) is 1. The molecule has 0 bridgehead atoms. The van der Waals surface area contributed by atoms with E-state index in [1.807, 2.05) is 13.8 Å². The summed E-state index contributed by atoms with van der Waals surface area (Å²) in [6, 6.07) is 10.3. The predicted octanol–water partition coefficient (Wildman–Crippen LogP) is 4.72. The van der Waals surface area contributed by atoms with E-state index >= 15 is 0 Å². The molecular weight excluding hydrogens is 282 g/mol. The second kappa shape index (κ2) is 7.61. The zero-order valence-corrected chi connectivity index (χ0v) is 12.7. The Morgan fingerprint density at radius 1 is 0.909 bits per heavy atom. The first-order chi connectivity index (χ1) is 10.7. The first-order valence-electron chi connectivity index (χ1n) is 7.37. The molecule has 0 radical (unpaired) electrons. The molecule has 3 heteroatoms. The number of aryl methyl sites for hydroxylation is 1. The lowest BCUT2D eigenvalue weighted by atomic mass is 10.1. The molecule has 0 atom stereocenters. The smallest absolute Gasteiger partial charge is 0.174 e. The molecule has 0 amide bonds. The van der Waals surface area contributed by atoms with Crippen LogP contribution in [0.25, 0.3) is 0 Å². The van der Waals surface area contributed by atoms with E-state index in [0.29, 0.717) is 18.6 Å². The predicted molar refractivity (Wildman–Crippen MR) is 83.9 cm³/mol. The van der Waals surface area contributed by atoms with Crippen LogP contribution in [0.2, 0.25) is 0 Å². The maximum Gasteiger partial charge on any atom is 0.174 e. The number of halogens is 2. The second-order valence-electron chi connectivity index (χ2n) is 4.86. The van der Waals surface area contributed by atoms with E-state index in [-0.39, 0.29) is 5.56 Å². The number of rotatable bonds is 4. The lowest BCUT2D eigenvalue weighted by Crippen LogP contribution is -1.97. The Hall–Kier alpha value is -2.34. The molecule has 22 heavy (non-hydrogen) atoms. The Morgan fingerprint density at radius 2 is 1.64 bits per heavy atom. The lowest BCUT2D eigenvalue weighted by Gasteiger charge is -2.03. The van der Waals surface area contributed by atoms with Crippen molar-refractivity contribution in [3.05, 3.63) is 64.7 Å². The van der Waals surface area contributed by atoms with Gasteiger partial charge in [0, 0.05) is 5.56 Å². The van der Waals surface area contributed by atoms with Gasteiger partial charge in [0.2, 0.25) is 0 Å². The normalized spacial score (nSPS) is 10.0. The van der Waals surface area contributed by atoms with Gasteiger partial charge in [-0.1, -0.05) is 31.3 Å². The molecule has 114 valence electrons. The molecule has 0 saturated heterocycles. The first-order valence-corrected chi connectivity index (χ1v) is 7.37. The van der Waals surface area contributed by atoms with E-state index in [1.54, 1.807) is 30.3 Å². The molecule has 0 N–H and O–H groups in total. The van der Waals surface area contributed by atoms with Crippen LogP contribution >= 0.6 is 0 Å². The monoisotopic (exact) mass is 300 g/mol. The third-order valence-electron chi connectivity index (χ3n) is 3.19. The first kappa shape index (κ1) is 16.0. The Morgan fingerprint density at radius 3 is 2.27 bits per heavy atom.